The van der Waals surface area contributed by atoms with Crippen LogP contribution in [0.1, 0.15) is 38.7 Å². The molecular weight excluding hydrogens is 266 g/mol. The van der Waals surface area contributed by atoms with Crippen molar-refractivity contribution in [3.8, 4) is 5.75 Å². The quantitative estimate of drug-likeness (QED) is 0.906. The normalized spacial score (nSPS) is 21.9. The minimum absolute atomic E-state index is 0.0238. The Morgan fingerprint density at radius 2 is 2.05 bits per heavy atom. The van der Waals surface area contributed by atoms with Crippen LogP contribution in [0.2, 0.25) is 0 Å². The fourth-order valence-electron chi connectivity index (χ4n) is 2.77. The summed E-state index contributed by atoms with van der Waals surface area (Å²) in [4.78, 5) is 13.9. The van der Waals surface area contributed by atoms with Crippen LogP contribution >= 0.6 is 0 Å². The molecule has 4 nitrogen and oxygen atoms in total. The van der Waals surface area contributed by atoms with E-state index in [1.54, 1.807) is 4.90 Å². The Morgan fingerprint density at radius 3 is 2.62 bits per heavy atom. The van der Waals surface area contributed by atoms with Crippen LogP contribution in [0.25, 0.3) is 0 Å². The molecule has 2 unspecified atom stereocenters. The van der Waals surface area contributed by atoms with E-state index in [0.29, 0.717) is 24.1 Å². The van der Waals surface area contributed by atoms with E-state index in [-0.39, 0.29) is 25.2 Å². The number of benzene rings is 1. The molecule has 1 aliphatic rings. The number of aliphatic hydroxyl groups excluding tert-OH is 1. The van der Waals surface area contributed by atoms with Gasteiger partial charge in [0.1, 0.15) is 5.75 Å². The first-order valence-corrected chi connectivity index (χ1v) is 7.66. The maximum Gasteiger partial charge on any atom is 0.260 e. The zero-order chi connectivity index (χ0) is 15.4. The van der Waals surface area contributed by atoms with Gasteiger partial charge in [0.2, 0.25) is 0 Å². The molecule has 1 aromatic rings. The summed E-state index contributed by atoms with van der Waals surface area (Å²) in [5.41, 5.74) is 1.25. The lowest BCUT2D eigenvalue weighted by Gasteiger charge is -2.25. The second-order valence-corrected chi connectivity index (χ2v) is 6.12. The molecule has 1 saturated heterocycles. The summed E-state index contributed by atoms with van der Waals surface area (Å²) < 4.78 is 5.57. The second-order valence-electron chi connectivity index (χ2n) is 6.12. The zero-order valence-corrected chi connectivity index (χ0v) is 13.1. The molecule has 0 aliphatic carbocycles. The van der Waals surface area contributed by atoms with Crippen LogP contribution in [-0.2, 0) is 4.79 Å². The molecule has 116 valence electrons. The minimum Gasteiger partial charge on any atom is -0.484 e. The van der Waals surface area contributed by atoms with Crippen LogP contribution in [0.5, 0.6) is 5.75 Å². The number of ether oxygens (including phenoxy) is 1. The molecule has 1 amide bonds. The van der Waals surface area contributed by atoms with E-state index in [1.807, 2.05) is 24.3 Å². The van der Waals surface area contributed by atoms with Gasteiger partial charge in [0.05, 0.1) is 12.6 Å². The highest BCUT2D eigenvalue weighted by atomic mass is 16.5. The van der Waals surface area contributed by atoms with Crippen LogP contribution in [0, 0.1) is 5.92 Å². The highest BCUT2D eigenvalue weighted by Crippen LogP contribution is 2.24. The van der Waals surface area contributed by atoms with Crippen molar-refractivity contribution in [3.63, 3.8) is 0 Å². The molecule has 2 rings (SSSR count). The molecule has 1 aromatic carbocycles. The number of nitrogens with zero attached hydrogens (tertiary/aromatic N) is 1. The molecule has 1 N–H and O–H groups in total. The summed E-state index contributed by atoms with van der Waals surface area (Å²) >= 11 is 0. The monoisotopic (exact) mass is 291 g/mol. The van der Waals surface area contributed by atoms with Crippen molar-refractivity contribution in [2.45, 2.75) is 39.2 Å². The van der Waals surface area contributed by atoms with Gasteiger partial charge in [-0.15, -0.1) is 0 Å². The third kappa shape index (κ3) is 3.76. The number of carbonyl (C=O) groups excluding carboxylic acids is 1. The van der Waals surface area contributed by atoms with Crippen molar-refractivity contribution >= 4 is 5.91 Å². The molecule has 2 atom stereocenters. The standard InChI is InChI=1S/C17H25NO3/c1-12(2)14-4-6-15(7-5-14)21-11-17(20)18-9-8-13(3)16(18)10-19/h4-7,12-13,16,19H,8-11H2,1-3H3. The number of amides is 1. The average molecular weight is 291 g/mol. The van der Waals surface area contributed by atoms with Gasteiger partial charge in [0.25, 0.3) is 5.91 Å². The van der Waals surface area contributed by atoms with Crippen LogP contribution in [0.3, 0.4) is 0 Å². The summed E-state index contributed by atoms with van der Waals surface area (Å²) in [6.07, 6.45) is 0.944. The predicted molar refractivity (Wildman–Crippen MR) is 82.4 cm³/mol. The van der Waals surface area contributed by atoms with Gasteiger partial charge in [0, 0.05) is 6.54 Å². The summed E-state index contributed by atoms with van der Waals surface area (Å²) in [5, 5.41) is 9.39. The molecule has 0 spiro atoms. The van der Waals surface area contributed by atoms with E-state index in [4.69, 9.17) is 4.74 Å². The van der Waals surface area contributed by atoms with Gasteiger partial charge in [-0.05, 0) is 36.0 Å². The van der Waals surface area contributed by atoms with E-state index in [1.165, 1.54) is 5.56 Å². The van der Waals surface area contributed by atoms with Crippen LogP contribution < -0.4 is 4.74 Å². The van der Waals surface area contributed by atoms with Crippen molar-refractivity contribution < 1.29 is 14.6 Å². The van der Waals surface area contributed by atoms with Gasteiger partial charge in [0.15, 0.2) is 6.61 Å². The van der Waals surface area contributed by atoms with Gasteiger partial charge >= 0.3 is 0 Å². The van der Waals surface area contributed by atoms with Gasteiger partial charge in [-0.2, -0.15) is 0 Å². The Kier molecular flexibility index (Phi) is 5.23. The summed E-state index contributed by atoms with van der Waals surface area (Å²) in [6.45, 7) is 7.12. The Bertz CT molecular complexity index is 469. The number of likely N-dealkylation sites (tertiary alicyclic amines) is 1. The summed E-state index contributed by atoms with van der Waals surface area (Å²) in [6, 6.07) is 7.79. The SMILES string of the molecule is CC(C)c1ccc(OCC(=O)N2CCC(C)C2CO)cc1. The van der Waals surface area contributed by atoms with E-state index in [2.05, 4.69) is 20.8 Å². The molecule has 0 saturated carbocycles. The number of hydrogen-bond acceptors (Lipinski definition) is 3. The lowest BCUT2D eigenvalue weighted by atomic mass is 10.0. The number of hydrogen-bond donors (Lipinski definition) is 1. The molecule has 1 aliphatic heterocycles. The van der Waals surface area contributed by atoms with Crippen LogP contribution in [0.4, 0.5) is 0 Å². The molecule has 4 heteroatoms. The first-order valence-electron chi connectivity index (χ1n) is 7.66. The highest BCUT2D eigenvalue weighted by molar-refractivity contribution is 5.78. The van der Waals surface area contributed by atoms with Crippen molar-refractivity contribution in [3.05, 3.63) is 29.8 Å². The zero-order valence-electron chi connectivity index (χ0n) is 13.1. The second kappa shape index (κ2) is 6.94. The fraction of sp³-hybridized carbons (Fsp3) is 0.588. The lowest BCUT2D eigenvalue weighted by molar-refractivity contribution is -0.135. The highest BCUT2D eigenvalue weighted by Gasteiger charge is 2.33. The number of aliphatic hydroxyl groups is 1. The van der Waals surface area contributed by atoms with Gasteiger partial charge < -0.3 is 14.7 Å². The van der Waals surface area contributed by atoms with Crippen molar-refractivity contribution in [2.24, 2.45) is 5.92 Å². The van der Waals surface area contributed by atoms with Gasteiger partial charge in [-0.1, -0.05) is 32.9 Å². The minimum atomic E-state index is -0.0654. The molecular formula is C17H25NO3. The summed E-state index contributed by atoms with van der Waals surface area (Å²) in [7, 11) is 0. The van der Waals surface area contributed by atoms with E-state index in [0.717, 1.165) is 6.42 Å². The molecule has 0 aromatic heterocycles. The molecule has 0 bridgehead atoms. The molecule has 0 radical (unpaired) electrons. The third-order valence-electron chi connectivity index (χ3n) is 4.30. The van der Waals surface area contributed by atoms with E-state index < -0.39 is 0 Å². The Hall–Kier alpha value is -1.55. The first kappa shape index (κ1) is 15.8. The first-order chi connectivity index (χ1) is 10.0. The molecule has 1 heterocycles. The largest absolute Gasteiger partial charge is 0.484 e. The van der Waals surface area contributed by atoms with Crippen LogP contribution in [-0.4, -0.2) is 41.7 Å². The average Bonchev–Trinajstić information content (AvgIpc) is 2.86. The van der Waals surface area contributed by atoms with Crippen LogP contribution in [0.15, 0.2) is 24.3 Å². The Balaban J connectivity index is 1.89. The Morgan fingerprint density at radius 1 is 1.38 bits per heavy atom. The smallest absolute Gasteiger partial charge is 0.260 e. The topological polar surface area (TPSA) is 49.8 Å². The Labute approximate surface area is 126 Å². The molecule has 21 heavy (non-hydrogen) atoms. The van der Waals surface area contributed by atoms with Gasteiger partial charge in [-0.25, -0.2) is 0 Å². The van der Waals surface area contributed by atoms with Crippen molar-refractivity contribution in [1.82, 2.24) is 4.90 Å². The maximum atomic E-state index is 12.2. The van der Waals surface area contributed by atoms with Gasteiger partial charge in [-0.3, -0.25) is 4.79 Å². The predicted octanol–water partition coefficient (Wildman–Crippen LogP) is 2.42. The number of rotatable bonds is 5. The fourth-order valence-corrected chi connectivity index (χ4v) is 2.77. The van der Waals surface area contributed by atoms with Crippen molar-refractivity contribution in [1.29, 1.82) is 0 Å². The van der Waals surface area contributed by atoms with E-state index >= 15 is 0 Å². The number of carbonyl (C=O) groups is 1. The van der Waals surface area contributed by atoms with E-state index in [9.17, 15) is 9.90 Å². The third-order valence-corrected chi connectivity index (χ3v) is 4.30. The maximum absolute atomic E-state index is 12.2. The molecule has 1 fully saturated rings. The summed E-state index contributed by atoms with van der Waals surface area (Å²) in [5.74, 6) is 1.49. The lowest BCUT2D eigenvalue weighted by Crippen LogP contribution is -2.42. The van der Waals surface area contributed by atoms with Crippen molar-refractivity contribution in [2.75, 3.05) is 19.8 Å².